The number of thiocarbonyl (C=S) groups is 1. The van der Waals surface area contributed by atoms with Gasteiger partial charge in [0.05, 0.1) is 0 Å². The Labute approximate surface area is 129 Å². The maximum absolute atomic E-state index is 5.98. The number of nitrogens with zero attached hydrogens (tertiary/aromatic N) is 1. The van der Waals surface area contributed by atoms with Crippen LogP contribution in [0.2, 0.25) is 5.02 Å². The van der Waals surface area contributed by atoms with E-state index in [2.05, 4.69) is 34.5 Å². The maximum atomic E-state index is 5.98. The summed E-state index contributed by atoms with van der Waals surface area (Å²) in [5.74, 6) is 0. The molecule has 0 aliphatic carbocycles. The van der Waals surface area contributed by atoms with Gasteiger partial charge >= 0.3 is 0 Å². The van der Waals surface area contributed by atoms with E-state index in [9.17, 15) is 0 Å². The van der Waals surface area contributed by atoms with Crippen molar-refractivity contribution >= 4 is 34.6 Å². The van der Waals surface area contributed by atoms with Gasteiger partial charge in [-0.05, 0) is 48.0 Å². The molecule has 102 valence electrons. The third kappa shape index (κ3) is 2.94. The summed E-state index contributed by atoms with van der Waals surface area (Å²) in [5.41, 5.74) is 3.71. The molecule has 4 heteroatoms. The van der Waals surface area contributed by atoms with Crippen LogP contribution in [0.1, 0.15) is 11.1 Å². The molecule has 0 atom stereocenters. The third-order valence-electron chi connectivity index (χ3n) is 3.49. The van der Waals surface area contributed by atoms with Crippen LogP contribution in [0, 0.1) is 0 Å². The summed E-state index contributed by atoms with van der Waals surface area (Å²) in [7, 11) is 0. The van der Waals surface area contributed by atoms with Gasteiger partial charge in [0.1, 0.15) is 0 Å². The van der Waals surface area contributed by atoms with Crippen LogP contribution in [0.5, 0.6) is 0 Å². The molecule has 0 saturated carbocycles. The van der Waals surface area contributed by atoms with Crippen LogP contribution in [0.15, 0.2) is 48.5 Å². The molecule has 0 unspecified atom stereocenters. The van der Waals surface area contributed by atoms with Crippen molar-refractivity contribution in [3.8, 4) is 0 Å². The number of hydrogen-bond acceptors (Lipinski definition) is 1. The van der Waals surface area contributed by atoms with Crippen LogP contribution in [-0.4, -0.2) is 16.6 Å². The second-order valence-electron chi connectivity index (χ2n) is 4.88. The lowest BCUT2D eigenvalue weighted by atomic mass is 10.0. The Morgan fingerprint density at radius 2 is 1.90 bits per heavy atom. The van der Waals surface area contributed by atoms with Crippen molar-refractivity contribution in [3.05, 3.63) is 64.7 Å². The fourth-order valence-electron chi connectivity index (χ4n) is 2.44. The van der Waals surface area contributed by atoms with Crippen LogP contribution in [-0.2, 0) is 13.0 Å². The smallest absolute Gasteiger partial charge is 0.173 e. The quantitative estimate of drug-likeness (QED) is 0.799. The van der Waals surface area contributed by atoms with Gasteiger partial charge in [0.15, 0.2) is 5.11 Å². The van der Waals surface area contributed by atoms with E-state index >= 15 is 0 Å². The topological polar surface area (TPSA) is 15.3 Å². The number of anilines is 1. The van der Waals surface area contributed by atoms with Gasteiger partial charge in [0.25, 0.3) is 0 Å². The number of halogens is 1. The number of nitrogens with one attached hydrogen (secondary N) is 1. The molecule has 1 N–H and O–H groups in total. The van der Waals surface area contributed by atoms with Gasteiger partial charge in [0, 0.05) is 23.8 Å². The van der Waals surface area contributed by atoms with E-state index in [-0.39, 0.29) is 0 Å². The molecule has 2 aromatic carbocycles. The van der Waals surface area contributed by atoms with Crippen LogP contribution < -0.4 is 5.32 Å². The van der Waals surface area contributed by atoms with Gasteiger partial charge in [-0.15, -0.1) is 0 Å². The summed E-state index contributed by atoms with van der Waals surface area (Å²) in [6.07, 6.45) is 1.04. The minimum absolute atomic E-state index is 0.710. The van der Waals surface area contributed by atoms with Crippen molar-refractivity contribution in [2.24, 2.45) is 0 Å². The lowest BCUT2D eigenvalue weighted by Gasteiger charge is -2.31. The Morgan fingerprint density at radius 1 is 1.10 bits per heavy atom. The summed E-state index contributed by atoms with van der Waals surface area (Å²) in [6, 6.07) is 16.2. The summed E-state index contributed by atoms with van der Waals surface area (Å²) >= 11 is 11.5. The molecule has 0 radical (unpaired) electrons. The Bertz CT molecular complexity index is 642. The van der Waals surface area contributed by atoms with E-state index in [0.29, 0.717) is 5.02 Å². The zero-order valence-electron chi connectivity index (χ0n) is 11.0. The molecule has 2 nitrogen and oxygen atoms in total. The molecule has 20 heavy (non-hydrogen) atoms. The predicted octanol–water partition coefficient (Wildman–Crippen LogP) is 4.10. The molecular weight excluding hydrogens is 288 g/mol. The average Bonchev–Trinajstić information content (AvgIpc) is 2.47. The summed E-state index contributed by atoms with van der Waals surface area (Å²) in [5, 5.41) is 4.72. The average molecular weight is 303 g/mol. The van der Waals surface area contributed by atoms with Gasteiger partial charge in [-0.25, -0.2) is 0 Å². The molecule has 0 bridgehead atoms. The minimum Gasteiger partial charge on any atom is -0.344 e. The van der Waals surface area contributed by atoms with E-state index in [4.69, 9.17) is 23.8 Å². The maximum Gasteiger partial charge on any atom is 0.173 e. The fourth-order valence-corrected chi connectivity index (χ4v) is 2.90. The summed E-state index contributed by atoms with van der Waals surface area (Å²) in [6.45, 7) is 1.81. The normalized spacial score (nSPS) is 13.8. The van der Waals surface area contributed by atoms with Crippen molar-refractivity contribution in [3.63, 3.8) is 0 Å². The standard InChI is InChI=1S/C16H15ClN2S/c17-14-6-3-7-15(10-14)18-16(20)19-9-8-12-4-1-2-5-13(12)11-19/h1-7,10H,8-9,11H2,(H,18,20). The SMILES string of the molecule is S=C(Nc1cccc(Cl)c1)N1CCc2ccccc2C1. The van der Waals surface area contributed by atoms with Crippen molar-refractivity contribution in [1.29, 1.82) is 0 Å². The highest BCUT2D eigenvalue weighted by atomic mass is 35.5. The molecule has 1 aliphatic heterocycles. The molecule has 1 heterocycles. The lowest BCUT2D eigenvalue weighted by molar-refractivity contribution is 0.399. The van der Waals surface area contributed by atoms with Gasteiger partial charge in [0.2, 0.25) is 0 Å². The number of rotatable bonds is 1. The summed E-state index contributed by atoms with van der Waals surface area (Å²) < 4.78 is 0. The van der Waals surface area contributed by atoms with Crippen molar-refractivity contribution in [1.82, 2.24) is 4.90 Å². The first-order valence-corrected chi connectivity index (χ1v) is 7.39. The molecule has 2 aromatic rings. The number of hydrogen-bond donors (Lipinski definition) is 1. The van der Waals surface area contributed by atoms with Gasteiger partial charge < -0.3 is 10.2 Å². The molecule has 0 saturated heterocycles. The predicted molar refractivity (Wildman–Crippen MR) is 88.2 cm³/mol. The van der Waals surface area contributed by atoms with Crippen LogP contribution in [0.25, 0.3) is 0 Å². The molecule has 0 fully saturated rings. The van der Waals surface area contributed by atoms with Gasteiger partial charge in [-0.3, -0.25) is 0 Å². The second-order valence-corrected chi connectivity index (χ2v) is 5.70. The largest absolute Gasteiger partial charge is 0.344 e. The Balaban J connectivity index is 1.70. The van der Waals surface area contributed by atoms with Gasteiger partial charge in [-0.2, -0.15) is 0 Å². The zero-order chi connectivity index (χ0) is 13.9. The molecule has 3 rings (SSSR count). The first kappa shape index (κ1) is 13.4. The lowest BCUT2D eigenvalue weighted by Crippen LogP contribution is -2.38. The van der Waals surface area contributed by atoms with Crippen LogP contribution in [0.4, 0.5) is 5.69 Å². The second kappa shape index (κ2) is 5.81. The van der Waals surface area contributed by atoms with E-state index in [1.807, 2.05) is 24.3 Å². The van der Waals surface area contributed by atoms with Crippen molar-refractivity contribution in [2.45, 2.75) is 13.0 Å². The summed E-state index contributed by atoms with van der Waals surface area (Å²) in [4.78, 5) is 2.19. The third-order valence-corrected chi connectivity index (χ3v) is 4.09. The van der Waals surface area contributed by atoms with E-state index < -0.39 is 0 Å². The monoisotopic (exact) mass is 302 g/mol. The molecular formula is C16H15ClN2S. The molecule has 0 aromatic heterocycles. The Kier molecular flexibility index (Phi) is 3.90. The minimum atomic E-state index is 0.710. The van der Waals surface area contributed by atoms with E-state index in [0.717, 1.165) is 30.3 Å². The first-order valence-electron chi connectivity index (χ1n) is 6.60. The highest BCUT2D eigenvalue weighted by Crippen LogP contribution is 2.20. The Morgan fingerprint density at radius 3 is 2.70 bits per heavy atom. The zero-order valence-corrected chi connectivity index (χ0v) is 12.5. The van der Waals surface area contributed by atoms with Crippen LogP contribution in [0.3, 0.4) is 0 Å². The first-order chi connectivity index (χ1) is 9.72. The van der Waals surface area contributed by atoms with E-state index in [1.54, 1.807) is 0 Å². The Hall–Kier alpha value is -1.58. The molecule has 0 amide bonds. The van der Waals surface area contributed by atoms with Gasteiger partial charge in [-0.1, -0.05) is 41.9 Å². The van der Waals surface area contributed by atoms with Crippen molar-refractivity contribution < 1.29 is 0 Å². The highest BCUT2D eigenvalue weighted by Gasteiger charge is 2.17. The van der Waals surface area contributed by atoms with Crippen LogP contribution >= 0.6 is 23.8 Å². The highest BCUT2D eigenvalue weighted by molar-refractivity contribution is 7.80. The molecule has 1 aliphatic rings. The fraction of sp³-hybridized carbons (Fsp3) is 0.188. The number of benzene rings is 2. The van der Waals surface area contributed by atoms with Crippen molar-refractivity contribution in [2.75, 3.05) is 11.9 Å². The number of fused-ring (bicyclic) bond motifs is 1. The molecule has 0 spiro atoms. The van der Waals surface area contributed by atoms with E-state index in [1.165, 1.54) is 11.1 Å².